The van der Waals surface area contributed by atoms with E-state index >= 15 is 0 Å². The molecule has 0 aliphatic heterocycles. The summed E-state index contributed by atoms with van der Waals surface area (Å²) in [5, 5.41) is 5.61. The molecule has 4 heteroatoms. The second kappa shape index (κ2) is 12.4. The van der Waals surface area contributed by atoms with Crippen LogP contribution in [0.15, 0.2) is 186 Å². The summed E-state index contributed by atoms with van der Waals surface area (Å²) in [7, 11) is 0. The molecule has 0 radical (unpaired) electrons. The first-order valence-corrected chi connectivity index (χ1v) is 19.0. The first-order valence-electron chi connectivity index (χ1n) is 18.1. The number of thiophene rings is 1. The lowest BCUT2D eigenvalue weighted by molar-refractivity contribution is 0.669. The Morgan fingerprint density at radius 3 is 1.81 bits per heavy atom. The van der Waals surface area contributed by atoms with Crippen molar-refractivity contribution in [1.29, 1.82) is 0 Å². The van der Waals surface area contributed by atoms with Gasteiger partial charge in [-0.25, -0.2) is 9.97 Å². The number of hydrogen-bond donors (Lipinski definition) is 0. The second-order valence-corrected chi connectivity index (χ2v) is 14.8. The number of rotatable bonds is 5. The largest absolute Gasteiger partial charge is 0.456 e. The maximum atomic E-state index is 6.48. The molecule has 0 unspecified atom stereocenters. The van der Waals surface area contributed by atoms with Crippen LogP contribution in [0.1, 0.15) is 0 Å². The van der Waals surface area contributed by atoms with E-state index in [1.807, 2.05) is 12.1 Å². The fourth-order valence-electron chi connectivity index (χ4n) is 7.78. The maximum absolute atomic E-state index is 6.48. The molecule has 11 aromatic rings. The van der Waals surface area contributed by atoms with Crippen molar-refractivity contribution in [2.45, 2.75) is 0 Å². The molecule has 0 amide bonds. The molecule has 252 valence electrons. The third-order valence-corrected chi connectivity index (χ3v) is 11.7. The van der Waals surface area contributed by atoms with Crippen LogP contribution >= 0.6 is 11.3 Å². The van der Waals surface area contributed by atoms with Crippen molar-refractivity contribution in [2.24, 2.45) is 0 Å². The fraction of sp³-hybridized carbons (Fsp3) is 0. The molecule has 3 heterocycles. The number of nitrogens with zero attached hydrogens (tertiary/aromatic N) is 2. The lowest BCUT2D eigenvalue weighted by Crippen LogP contribution is -1.94. The third kappa shape index (κ3) is 5.11. The van der Waals surface area contributed by atoms with Crippen molar-refractivity contribution >= 4 is 64.4 Å². The summed E-state index contributed by atoms with van der Waals surface area (Å²) in [6.45, 7) is 0. The van der Waals surface area contributed by atoms with E-state index in [0.717, 1.165) is 65.5 Å². The van der Waals surface area contributed by atoms with Crippen molar-refractivity contribution in [3.8, 4) is 56.0 Å². The molecule has 0 saturated heterocycles. The highest BCUT2D eigenvalue weighted by molar-refractivity contribution is 7.26. The summed E-state index contributed by atoms with van der Waals surface area (Å²) in [6.07, 6.45) is 0. The van der Waals surface area contributed by atoms with Gasteiger partial charge in [0.25, 0.3) is 0 Å². The molecule has 3 aromatic heterocycles. The zero-order valence-electron chi connectivity index (χ0n) is 29.0. The van der Waals surface area contributed by atoms with E-state index in [-0.39, 0.29) is 0 Å². The van der Waals surface area contributed by atoms with E-state index in [1.54, 1.807) is 11.3 Å². The Morgan fingerprint density at radius 1 is 0.407 bits per heavy atom. The minimum absolute atomic E-state index is 0.690. The standard InChI is InChI=1S/C50H30N2OS/c1-2-9-31(10-3-1)33-17-19-34(20-18-33)35-21-23-36(24-22-35)38-27-28-43-42(30-38)46-41(14-8-15-44(46)53-43)50-51-47(39-26-25-32-11-4-5-12-37(32)29-39)49-48(52-50)40-13-6-7-16-45(40)54-49/h1-30H. The van der Waals surface area contributed by atoms with Crippen molar-refractivity contribution in [3.05, 3.63) is 182 Å². The molecule has 0 N–H and O–H groups in total. The quantitative estimate of drug-likeness (QED) is 0.179. The maximum Gasteiger partial charge on any atom is 0.161 e. The average molecular weight is 707 g/mol. The summed E-state index contributed by atoms with van der Waals surface area (Å²) in [5.41, 5.74) is 12.7. The number of fused-ring (bicyclic) bond motifs is 7. The first-order chi connectivity index (χ1) is 26.7. The predicted molar refractivity (Wildman–Crippen MR) is 227 cm³/mol. The first kappa shape index (κ1) is 30.7. The van der Waals surface area contributed by atoms with E-state index in [0.29, 0.717) is 5.82 Å². The zero-order valence-corrected chi connectivity index (χ0v) is 29.8. The van der Waals surface area contributed by atoms with Crippen LogP contribution in [0.3, 0.4) is 0 Å². The average Bonchev–Trinajstić information content (AvgIpc) is 3.82. The third-order valence-electron chi connectivity index (χ3n) is 10.5. The van der Waals surface area contributed by atoms with Crippen LogP contribution in [0.5, 0.6) is 0 Å². The van der Waals surface area contributed by atoms with E-state index in [1.165, 1.54) is 37.7 Å². The van der Waals surface area contributed by atoms with Crippen molar-refractivity contribution in [3.63, 3.8) is 0 Å². The number of hydrogen-bond acceptors (Lipinski definition) is 4. The molecule has 0 aliphatic carbocycles. The minimum atomic E-state index is 0.690. The monoisotopic (exact) mass is 706 g/mol. The lowest BCUT2D eigenvalue weighted by atomic mass is 9.97. The fourth-order valence-corrected chi connectivity index (χ4v) is 8.93. The van der Waals surface area contributed by atoms with Gasteiger partial charge < -0.3 is 4.42 Å². The van der Waals surface area contributed by atoms with Gasteiger partial charge in [-0.2, -0.15) is 0 Å². The lowest BCUT2D eigenvalue weighted by Gasteiger charge is -2.09. The van der Waals surface area contributed by atoms with Gasteiger partial charge in [-0.1, -0.05) is 152 Å². The molecule has 8 aromatic carbocycles. The van der Waals surface area contributed by atoms with Gasteiger partial charge >= 0.3 is 0 Å². The smallest absolute Gasteiger partial charge is 0.161 e. The van der Waals surface area contributed by atoms with Gasteiger partial charge in [0, 0.05) is 32.0 Å². The van der Waals surface area contributed by atoms with Gasteiger partial charge in [-0.15, -0.1) is 11.3 Å². The van der Waals surface area contributed by atoms with Gasteiger partial charge in [0.1, 0.15) is 11.2 Å². The Morgan fingerprint density at radius 2 is 1.04 bits per heavy atom. The molecule has 0 bridgehead atoms. The highest BCUT2D eigenvalue weighted by atomic mass is 32.1. The van der Waals surface area contributed by atoms with E-state index in [9.17, 15) is 0 Å². The molecule has 11 rings (SSSR count). The molecule has 0 saturated carbocycles. The van der Waals surface area contributed by atoms with Gasteiger partial charge in [-0.3, -0.25) is 0 Å². The predicted octanol–water partition coefficient (Wildman–Crippen LogP) is 14.2. The number of benzene rings is 8. The molecule has 0 fully saturated rings. The Hall–Kier alpha value is -6.88. The summed E-state index contributed by atoms with van der Waals surface area (Å²) >= 11 is 1.76. The van der Waals surface area contributed by atoms with Crippen LogP contribution in [0, 0.1) is 0 Å². The van der Waals surface area contributed by atoms with Crippen LogP contribution in [0.25, 0.3) is 109 Å². The van der Waals surface area contributed by atoms with E-state index < -0.39 is 0 Å². The van der Waals surface area contributed by atoms with Crippen LogP contribution in [0.4, 0.5) is 0 Å². The molecule has 0 atom stereocenters. The topological polar surface area (TPSA) is 38.9 Å². The van der Waals surface area contributed by atoms with Crippen LogP contribution in [0.2, 0.25) is 0 Å². The zero-order chi connectivity index (χ0) is 35.6. The van der Waals surface area contributed by atoms with E-state index in [4.69, 9.17) is 14.4 Å². The Balaban J connectivity index is 1.03. The number of furan rings is 1. The minimum Gasteiger partial charge on any atom is -0.456 e. The van der Waals surface area contributed by atoms with Gasteiger partial charge in [-0.05, 0) is 74.5 Å². The summed E-state index contributed by atoms with van der Waals surface area (Å²) in [6, 6.07) is 64.4. The highest BCUT2D eigenvalue weighted by Crippen LogP contribution is 2.43. The van der Waals surface area contributed by atoms with Crippen LogP contribution in [-0.2, 0) is 0 Å². The van der Waals surface area contributed by atoms with Crippen molar-refractivity contribution < 1.29 is 4.42 Å². The van der Waals surface area contributed by atoms with Gasteiger partial charge in [0.05, 0.1) is 15.9 Å². The molecule has 3 nitrogen and oxygen atoms in total. The molecule has 0 aliphatic rings. The molecule has 54 heavy (non-hydrogen) atoms. The van der Waals surface area contributed by atoms with Gasteiger partial charge in [0.15, 0.2) is 5.82 Å². The Kier molecular flexibility index (Phi) is 7.04. The van der Waals surface area contributed by atoms with E-state index in [2.05, 4.69) is 170 Å². The van der Waals surface area contributed by atoms with Crippen molar-refractivity contribution in [1.82, 2.24) is 9.97 Å². The molecular formula is C50H30N2OS. The highest BCUT2D eigenvalue weighted by Gasteiger charge is 2.20. The molecular weight excluding hydrogens is 677 g/mol. The van der Waals surface area contributed by atoms with Gasteiger partial charge in [0.2, 0.25) is 0 Å². The van der Waals surface area contributed by atoms with Crippen LogP contribution < -0.4 is 0 Å². The molecule has 0 spiro atoms. The summed E-state index contributed by atoms with van der Waals surface area (Å²) < 4.78 is 8.77. The summed E-state index contributed by atoms with van der Waals surface area (Å²) in [5.74, 6) is 0.690. The normalized spacial score (nSPS) is 11.7. The second-order valence-electron chi connectivity index (χ2n) is 13.7. The van der Waals surface area contributed by atoms with Crippen LogP contribution in [-0.4, -0.2) is 9.97 Å². The Bertz CT molecular complexity index is 3200. The number of aromatic nitrogens is 2. The SMILES string of the molecule is c1ccc(-c2ccc(-c3ccc(-c4ccc5oc6cccc(-c7nc(-c8ccc9ccccc9c8)c8sc9ccccc9c8n7)c6c5c4)cc3)cc2)cc1. The Labute approximate surface area is 315 Å². The summed E-state index contributed by atoms with van der Waals surface area (Å²) in [4.78, 5) is 10.7. The van der Waals surface area contributed by atoms with Crippen molar-refractivity contribution in [2.75, 3.05) is 0 Å².